The monoisotopic (exact) mass is 118 g/mol. The SMILES string of the molecule is NN1C(=O)CC1S. The minimum absolute atomic E-state index is 0.0278. The number of β-lactam (4-membered cyclic amide) rings is 1. The summed E-state index contributed by atoms with van der Waals surface area (Å²) in [5.41, 5.74) is 0. The summed E-state index contributed by atoms with van der Waals surface area (Å²) in [5, 5.41) is 1.08. The van der Waals surface area contributed by atoms with Crippen LogP contribution in [0.3, 0.4) is 0 Å². The van der Waals surface area contributed by atoms with E-state index in [2.05, 4.69) is 12.6 Å². The molecular weight excluding hydrogens is 112 g/mol. The van der Waals surface area contributed by atoms with Gasteiger partial charge < -0.3 is 0 Å². The summed E-state index contributed by atoms with van der Waals surface area (Å²) in [6.07, 6.45) is 0.486. The number of hydrogen-bond donors (Lipinski definition) is 2. The van der Waals surface area contributed by atoms with E-state index in [-0.39, 0.29) is 11.3 Å². The van der Waals surface area contributed by atoms with Gasteiger partial charge in [0.2, 0.25) is 5.91 Å². The van der Waals surface area contributed by atoms with Gasteiger partial charge in [-0.05, 0) is 0 Å². The summed E-state index contributed by atoms with van der Waals surface area (Å²) in [7, 11) is 0. The third-order valence-electron chi connectivity index (χ3n) is 0.966. The minimum atomic E-state index is -0.0347. The van der Waals surface area contributed by atoms with E-state index >= 15 is 0 Å². The average Bonchev–Trinajstić information content (AvgIpc) is 1.68. The lowest BCUT2D eigenvalue weighted by Crippen LogP contribution is -2.53. The standard InChI is InChI=1S/C3H6N2OS/c4-5-2(6)1-3(5)7/h3,7H,1,4H2. The van der Waals surface area contributed by atoms with Crippen molar-refractivity contribution in [3.63, 3.8) is 0 Å². The second-order valence-electron chi connectivity index (χ2n) is 1.49. The smallest absolute Gasteiger partial charge is 0.240 e. The van der Waals surface area contributed by atoms with Crippen molar-refractivity contribution >= 4 is 18.5 Å². The fraction of sp³-hybridized carbons (Fsp3) is 0.667. The van der Waals surface area contributed by atoms with E-state index in [1.807, 2.05) is 0 Å². The fourth-order valence-corrected chi connectivity index (χ4v) is 0.699. The highest BCUT2D eigenvalue weighted by Crippen LogP contribution is 2.16. The second kappa shape index (κ2) is 1.38. The van der Waals surface area contributed by atoms with Crippen LogP contribution in [0, 0.1) is 0 Å². The van der Waals surface area contributed by atoms with Crippen molar-refractivity contribution in [1.29, 1.82) is 0 Å². The summed E-state index contributed by atoms with van der Waals surface area (Å²) in [5.74, 6) is 5.05. The predicted octanol–water partition coefficient (Wildman–Crippen LogP) is -0.652. The molecule has 3 nitrogen and oxygen atoms in total. The molecule has 7 heavy (non-hydrogen) atoms. The molecule has 0 radical (unpaired) electrons. The second-order valence-corrected chi connectivity index (χ2v) is 2.08. The molecule has 1 aliphatic rings. The van der Waals surface area contributed by atoms with Gasteiger partial charge in [-0.15, -0.1) is 0 Å². The summed E-state index contributed by atoms with van der Waals surface area (Å²) in [6.45, 7) is 0. The van der Waals surface area contributed by atoms with Gasteiger partial charge in [-0.1, -0.05) is 0 Å². The topological polar surface area (TPSA) is 46.3 Å². The van der Waals surface area contributed by atoms with E-state index < -0.39 is 0 Å². The molecule has 0 bridgehead atoms. The third-order valence-corrected chi connectivity index (χ3v) is 1.40. The first-order chi connectivity index (χ1) is 3.22. The number of hydrazine groups is 1. The normalized spacial score (nSPS) is 30.3. The van der Waals surface area contributed by atoms with Gasteiger partial charge in [-0.25, -0.2) is 5.84 Å². The minimum Gasteiger partial charge on any atom is -0.273 e. The molecule has 1 unspecified atom stereocenters. The molecule has 0 aromatic rings. The lowest BCUT2D eigenvalue weighted by Gasteiger charge is -2.32. The van der Waals surface area contributed by atoms with E-state index in [4.69, 9.17) is 5.84 Å². The van der Waals surface area contributed by atoms with Crippen molar-refractivity contribution in [1.82, 2.24) is 5.01 Å². The Kier molecular flexibility index (Phi) is 0.972. The number of carbonyl (C=O) groups excluding carboxylic acids is 1. The van der Waals surface area contributed by atoms with E-state index in [1.54, 1.807) is 0 Å². The van der Waals surface area contributed by atoms with E-state index in [0.717, 1.165) is 5.01 Å². The average molecular weight is 118 g/mol. The molecule has 0 spiro atoms. The molecule has 0 aliphatic carbocycles. The molecule has 1 amide bonds. The van der Waals surface area contributed by atoms with Crippen molar-refractivity contribution in [2.45, 2.75) is 11.8 Å². The van der Waals surface area contributed by atoms with Crippen LogP contribution in [-0.4, -0.2) is 16.3 Å². The van der Waals surface area contributed by atoms with Gasteiger partial charge >= 0.3 is 0 Å². The molecule has 4 heteroatoms. The lowest BCUT2D eigenvalue weighted by atomic mass is 10.2. The van der Waals surface area contributed by atoms with Crippen LogP contribution in [0.5, 0.6) is 0 Å². The Morgan fingerprint density at radius 2 is 2.57 bits per heavy atom. The van der Waals surface area contributed by atoms with Crippen LogP contribution in [0.25, 0.3) is 0 Å². The molecule has 0 aromatic carbocycles. The fourth-order valence-electron chi connectivity index (χ4n) is 0.414. The number of hydrogen-bond acceptors (Lipinski definition) is 3. The van der Waals surface area contributed by atoms with Crippen LogP contribution < -0.4 is 5.84 Å². The largest absolute Gasteiger partial charge is 0.273 e. The third kappa shape index (κ3) is 0.595. The van der Waals surface area contributed by atoms with Gasteiger partial charge in [-0.2, -0.15) is 12.6 Å². The molecule has 1 heterocycles. The first-order valence-corrected chi connectivity index (χ1v) is 2.48. The Bertz CT molecular complexity index is 105. The van der Waals surface area contributed by atoms with Crippen LogP contribution in [0.1, 0.15) is 6.42 Å². The number of rotatable bonds is 0. The maximum absolute atomic E-state index is 10.2. The molecule has 2 N–H and O–H groups in total. The molecule has 1 rings (SSSR count). The highest BCUT2D eigenvalue weighted by atomic mass is 32.1. The zero-order valence-electron chi connectivity index (χ0n) is 3.66. The Balaban J connectivity index is 2.43. The van der Waals surface area contributed by atoms with Gasteiger partial charge in [0.15, 0.2) is 0 Å². The van der Waals surface area contributed by atoms with Gasteiger partial charge in [0, 0.05) is 0 Å². The van der Waals surface area contributed by atoms with E-state index in [1.165, 1.54) is 0 Å². The van der Waals surface area contributed by atoms with Crippen LogP contribution in [0.4, 0.5) is 0 Å². The molecule has 0 saturated carbocycles. The van der Waals surface area contributed by atoms with E-state index in [9.17, 15) is 4.79 Å². The van der Waals surface area contributed by atoms with Crippen LogP contribution in [0.2, 0.25) is 0 Å². The highest BCUT2D eigenvalue weighted by Gasteiger charge is 2.29. The maximum atomic E-state index is 10.2. The number of carbonyl (C=O) groups is 1. The maximum Gasteiger partial charge on any atom is 0.240 e. The van der Waals surface area contributed by atoms with Crippen molar-refractivity contribution in [2.75, 3.05) is 0 Å². The van der Waals surface area contributed by atoms with Gasteiger partial charge in [0.1, 0.15) is 0 Å². The number of nitrogens with two attached hydrogens (primary N) is 1. The molecule has 0 aromatic heterocycles. The highest BCUT2D eigenvalue weighted by molar-refractivity contribution is 7.81. The molecule has 1 aliphatic heterocycles. The van der Waals surface area contributed by atoms with Gasteiger partial charge in [-0.3, -0.25) is 9.80 Å². The summed E-state index contributed by atoms with van der Waals surface area (Å²) >= 11 is 3.92. The number of nitrogens with zero attached hydrogens (tertiary/aromatic N) is 1. The zero-order valence-corrected chi connectivity index (χ0v) is 4.56. The lowest BCUT2D eigenvalue weighted by molar-refractivity contribution is -0.141. The van der Waals surface area contributed by atoms with Gasteiger partial charge in [0.25, 0.3) is 0 Å². The van der Waals surface area contributed by atoms with Crippen molar-refractivity contribution in [3.05, 3.63) is 0 Å². The first-order valence-electron chi connectivity index (χ1n) is 1.96. The molecular formula is C3H6N2OS. The summed E-state index contributed by atoms with van der Waals surface area (Å²) < 4.78 is 0. The van der Waals surface area contributed by atoms with Crippen molar-refractivity contribution < 1.29 is 4.79 Å². The Morgan fingerprint density at radius 1 is 2.00 bits per heavy atom. The molecule has 1 fully saturated rings. The van der Waals surface area contributed by atoms with E-state index in [0.29, 0.717) is 6.42 Å². The van der Waals surface area contributed by atoms with Crippen molar-refractivity contribution in [3.8, 4) is 0 Å². The molecule has 1 saturated heterocycles. The summed E-state index contributed by atoms with van der Waals surface area (Å²) in [6, 6.07) is 0. The number of amides is 1. The Morgan fingerprint density at radius 3 is 2.57 bits per heavy atom. The molecule has 1 atom stereocenters. The Hall–Kier alpha value is -0.220. The zero-order chi connectivity index (χ0) is 5.44. The van der Waals surface area contributed by atoms with Crippen LogP contribution >= 0.6 is 12.6 Å². The molecule has 40 valence electrons. The quantitative estimate of drug-likeness (QED) is 0.192. The van der Waals surface area contributed by atoms with Gasteiger partial charge in [0.05, 0.1) is 11.8 Å². The number of thiol groups is 1. The van der Waals surface area contributed by atoms with Crippen molar-refractivity contribution in [2.24, 2.45) is 5.84 Å². The van der Waals surface area contributed by atoms with Crippen LogP contribution in [0.15, 0.2) is 0 Å². The Labute approximate surface area is 46.8 Å². The van der Waals surface area contributed by atoms with Crippen LogP contribution in [-0.2, 0) is 4.79 Å². The first kappa shape index (κ1) is 4.93. The predicted molar refractivity (Wildman–Crippen MR) is 28.4 cm³/mol. The summed E-state index contributed by atoms with van der Waals surface area (Å²) in [4.78, 5) is 10.2.